The highest BCUT2D eigenvalue weighted by atomic mass is 19.4. The van der Waals surface area contributed by atoms with Gasteiger partial charge in [-0.2, -0.15) is 30.7 Å². The Hall–Kier alpha value is -0.920. The van der Waals surface area contributed by atoms with Crippen LogP contribution >= 0.6 is 0 Å². The van der Waals surface area contributed by atoms with Crippen LogP contribution in [-0.4, -0.2) is 61.5 Å². The summed E-state index contributed by atoms with van der Waals surface area (Å²) in [7, 11) is 0. The molecule has 3 fully saturated rings. The molecule has 0 radical (unpaired) electrons. The fraction of sp³-hybridized carbons (Fsp3) is 1.00. The van der Waals surface area contributed by atoms with Crippen molar-refractivity contribution in [2.75, 3.05) is 0 Å². The Morgan fingerprint density at radius 1 is 0.611 bits per heavy atom. The maximum absolute atomic E-state index is 14.8. The fourth-order valence-electron chi connectivity index (χ4n) is 5.68. The van der Waals surface area contributed by atoms with Crippen LogP contribution in [0.15, 0.2) is 0 Å². The first-order chi connectivity index (χ1) is 16.5. The normalized spacial score (nSPS) is 38.7. The van der Waals surface area contributed by atoms with E-state index in [1.807, 2.05) is 0 Å². The summed E-state index contributed by atoms with van der Waals surface area (Å²) in [4.78, 5) is 0. The molecule has 3 saturated carbocycles. The second-order valence-electron chi connectivity index (χ2n) is 10.0. The first kappa shape index (κ1) is 29.6. The Labute approximate surface area is 200 Å². The van der Waals surface area contributed by atoms with Crippen molar-refractivity contribution in [2.24, 2.45) is 17.8 Å². The third-order valence-electron chi connectivity index (χ3n) is 7.43. The molecule has 5 atom stereocenters. The minimum absolute atomic E-state index is 0.0139. The molecule has 14 heteroatoms. The summed E-state index contributed by atoms with van der Waals surface area (Å²) in [6, 6.07) is 0. The van der Waals surface area contributed by atoms with E-state index in [2.05, 4.69) is 9.47 Å². The first-order valence-electron chi connectivity index (χ1n) is 11.9. The van der Waals surface area contributed by atoms with Crippen molar-refractivity contribution in [3.05, 3.63) is 0 Å². The van der Waals surface area contributed by atoms with Crippen LogP contribution in [-0.2, 0) is 9.47 Å². The minimum Gasteiger partial charge on any atom is -0.317 e. The van der Waals surface area contributed by atoms with Gasteiger partial charge in [-0.1, -0.05) is 32.1 Å². The lowest BCUT2D eigenvalue weighted by Crippen LogP contribution is -2.54. The van der Waals surface area contributed by atoms with E-state index in [4.69, 9.17) is 0 Å². The monoisotopic (exact) mass is 552 g/mol. The predicted molar refractivity (Wildman–Crippen MR) is 102 cm³/mol. The SMILES string of the molecule is FC1CC(OC(F)(F)C2C(F)CC(C3CCCCC3)CC2F)CC(F)C1OC(F)(F)C(F)C(F)(F)F. The molecule has 0 N–H and O–H groups in total. The Balaban J connectivity index is 1.60. The van der Waals surface area contributed by atoms with Gasteiger partial charge in [-0.25, -0.2) is 22.0 Å². The molecule has 0 saturated heterocycles. The van der Waals surface area contributed by atoms with Crippen molar-refractivity contribution in [3.8, 4) is 0 Å². The molecule has 0 aromatic heterocycles. The van der Waals surface area contributed by atoms with Crippen molar-refractivity contribution in [1.82, 2.24) is 0 Å². The molecule has 212 valence electrons. The third kappa shape index (κ3) is 6.74. The van der Waals surface area contributed by atoms with Crippen LogP contribution in [0.1, 0.15) is 57.8 Å². The van der Waals surface area contributed by atoms with Crippen LogP contribution in [0.4, 0.5) is 52.7 Å². The minimum atomic E-state index is -6.09. The molecule has 0 bridgehead atoms. The molecule has 3 rings (SSSR count). The maximum Gasteiger partial charge on any atom is 0.428 e. The van der Waals surface area contributed by atoms with Gasteiger partial charge < -0.3 is 9.47 Å². The molecular weight excluding hydrogens is 524 g/mol. The molecule has 5 unspecified atom stereocenters. The lowest BCUT2D eigenvalue weighted by atomic mass is 9.69. The van der Waals surface area contributed by atoms with Gasteiger partial charge in [-0.15, -0.1) is 0 Å². The summed E-state index contributed by atoms with van der Waals surface area (Å²) in [5.74, 6) is -2.97. The van der Waals surface area contributed by atoms with Crippen LogP contribution in [0.3, 0.4) is 0 Å². The lowest BCUT2D eigenvalue weighted by molar-refractivity contribution is -0.365. The van der Waals surface area contributed by atoms with Crippen molar-refractivity contribution < 1.29 is 62.2 Å². The standard InChI is InChI=1S/C22H28F12O2/c23-13-6-11(10-4-2-1-3-5-10)7-14(24)17(13)21(31,32)35-12-8-15(25)18(16(26)9-12)36-22(33,34)19(27)20(28,29)30/h10-19H,1-9H2. The van der Waals surface area contributed by atoms with Crippen molar-refractivity contribution in [1.29, 1.82) is 0 Å². The van der Waals surface area contributed by atoms with E-state index in [9.17, 15) is 52.7 Å². The van der Waals surface area contributed by atoms with E-state index >= 15 is 0 Å². The van der Waals surface area contributed by atoms with Gasteiger partial charge in [0, 0.05) is 12.8 Å². The average molecular weight is 552 g/mol. The molecule has 2 nitrogen and oxygen atoms in total. The quantitative estimate of drug-likeness (QED) is 0.303. The number of hydrogen-bond donors (Lipinski definition) is 0. The Bertz CT molecular complexity index is 690. The van der Waals surface area contributed by atoms with Crippen LogP contribution in [0.2, 0.25) is 0 Å². The highest BCUT2D eigenvalue weighted by Gasteiger charge is 2.61. The average Bonchev–Trinajstić information content (AvgIpc) is 2.74. The number of rotatable bonds is 7. The van der Waals surface area contributed by atoms with Gasteiger partial charge in [-0.3, -0.25) is 0 Å². The van der Waals surface area contributed by atoms with Gasteiger partial charge in [0.25, 0.3) is 6.17 Å². The molecule has 0 amide bonds. The van der Waals surface area contributed by atoms with E-state index in [0.29, 0.717) is 0 Å². The zero-order chi connectivity index (χ0) is 27.1. The van der Waals surface area contributed by atoms with E-state index in [1.54, 1.807) is 0 Å². The maximum atomic E-state index is 14.8. The molecule has 0 aromatic carbocycles. The predicted octanol–water partition coefficient (Wildman–Crippen LogP) is 7.60. The Morgan fingerprint density at radius 2 is 1.11 bits per heavy atom. The molecule has 36 heavy (non-hydrogen) atoms. The molecule has 0 heterocycles. The van der Waals surface area contributed by atoms with Gasteiger partial charge in [-0.05, 0) is 24.7 Å². The van der Waals surface area contributed by atoms with Gasteiger partial charge in [0.15, 0.2) is 0 Å². The first-order valence-corrected chi connectivity index (χ1v) is 11.9. The second-order valence-corrected chi connectivity index (χ2v) is 10.0. The number of ether oxygens (including phenoxy) is 2. The van der Waals surface area contributed by atoms with Gasteiger partial charge >= 0.3 is 18.4 Å². The highest BCUT2D eigenvalue weighted by molar-refractivity contribution is 4.96. The summed E-state index contributed by atoms with van der Waals surface area (Å²) in [5, 5.41) is 0. The van der Waals surface area contributed by atoms with E-state index < -0.39 is 86.1 Å². The summed E-state index contributed by atoms with van der Waals surface area (Å²) in [6.07, 6.45) is -35.3. The molecule has 0 aromatic rings. The summed E-state index contributed by atoms with van der Waals surface area (Å²) in [5.41, 5.74) is 0. The van der Waals surface area contributed by atoms with Crippen molar-refractivity contribution in [2.45, 2.75) is 119 Å². The van der Waals surface area contributed by atoms with Crippen molar-refractivity contribution in [3.63, 3.8) is 0 Å². The third-order valence-corrected chi connectivity index (χ3v) is 7.43. The topological polar surface area (TPSA) is 18.5 Å². The molecule has 3 aliphatic rings. The van der Waals surface area contributed by atoms with Crippen LogP contribution in [0, 0.1) is 17.8 Å². The van der Waals surface area contributed by atoms with Crippen LogP contribution < -0.4 is 0 Å². The molecular formula is C22H28F12O2. The van der Waals surface area contributed by atoms with Crippen molar-refractivity contribution >= 4 is 0 Å². The number of halogens is 12. The molecule has 0 aliphatic heterocycles. The van der Waals surface area contributed by atoms with E-state index in [1.165, 1.54) is 0 Å². The molecule has 0 spiro atoms. The zero-order valence-electron chi connectivity index (χ0n) is 19.0. The van der Waals surface area contributed by atoms with Gasteiger partial charge in [0.1, 0.15) is 36.7 Å². The number of hydrogen-bond acceptors (Lipinski definition) is 2. The fourth-order valence-corrected chi connectivity index (χ4v) is 5.68. The smallest absolute Gasteiger partial charge is 0.317 e. The summed E-state index contributed by atoms with van der Waals surface area (Å²) < 4.78 is 172. The summed E-state index contributed by atoms with van der Waals surface area (Å²) in [6.45, 7) is 0. The Kier molecular flexibility index (Phi) is 9.10. The Morgan fingerprint density at radius 3 is 1.58 bits per heavy atom. The highest BCUT2D eigenvalue weighted by Crippen LogP contribution is 2.48. The number of alkyl halides is 12. The molecule has 3 aliphatic carbocycles. The van der Waals surface area contributed by atoms with E-state index in [-0.39, 0.29) is 18.8 Å². The van der Waals surface area contributed by atoms with Crippen LogP contribution in [0.5, 0.6) is 0 Å². The van der Waals surface area contributed by atoms with Crippen LogP contribution in [0.25, 0.3) is 0 Å². The zero-order valence-corrected chi connectivity index (χ0v) is 19.0. The van der Waals surface area contributed by atoms with Gasteiger partial charge in [0.2, 0.25) is 0 Å². The van der Waals surface area contributed by atoms with Gasteiger partial charge in [0.05, 0.1) is 6.10 Å². The second kappa shape index (κ2) is 11.1. The summed E-state index contributed by atoms with van der Waals surface area (Å²) >= 11 is 0. The lowest BCUT2D eigenvalue weighted by Gasteiger charge is -2.43. The largest absolute Gasteiger partial charge is 0.428 e. The van der Waals surface area contributed by atoms with E-state index in [0.717, 1.165) is 32.1 Å².